The van der Waals surface area contributed by atoms with E-state index in [4.69, 9.17) is 4.52 Å². The Morgan fingerprint density at radius 2 is 2.00 bits per heavy atom. The molecule has 3 aromatic rings. The zero-order valence-corrected chi connectivity index (χ0v) is 10.7. The summed E-state index contributed by atoms with van der Waals surface area (Å²) in [6.45, 7) is 1.87. The average Bonchev–Trinajstić information content (AvgIpc) is 2.88. The van der Waals surface area contributed by atoms with Gasteiger partial charge in [0.1, 0.15) is 11.6 Å². The van der Waals surface area contributed by atoms with Gasteiger partial charge in [0.15, 0.2) is 0 Å². The molecule has 4 nitrogen and oxygen atoms in total. The van der Waals surface area contributed by atoms with Crippen LogP contribution in [0.4, 0.5) is 4.39 Å². The lowest BCUT2D eigenvalue weighted by molar-refractivity contribution is 0.425. The number of aromatic hydroxyl groups is 1. The number of halogens is 1. The van der Waals surface area contributed by atoms with Gasteiger partial charge < -0.3 is 9.63 Å². The van der Waals surface area contributed by atoms with E-state index in [-0.39, 0.29) is 23.3 Å². The van der Waals surface area contributed by atoms with Gasteiger partial charge in [0.05, 0.1) is 5.56 Å². The van der Waals surface area contributed by atoms with Crippen molar-refractivity contribution in [2.24, 2.45) is 0 Å². The minimum absolute atomic E-state index is 0.0689. The number of hydrogen-bond acceptors (Lipinski definition) is 4. The Labute approximate surface area is 114 Å². The highest BCUT2D eigenvalue weighted by molar-refractivity contribution is 5.65. The largest absolute Gasteiger partial charge is 0.507 e. The quantitative estimate of drug-likeness (QED) is 0.773. The second-order valence-corrected chi connectivity index (χ2v) is 4.45. The molecule has 0 unspecified atom stereocenters. The number of hydrogen-bond donors (Lipinski definition) is 1. The van der Waals surface area contributed by atoms with Gasteiger partial charge in [-0.3, -0.25) is 0 Å². The van der Waals surface area contributed by atoms with Crippen LogP contribution >= 0.6 is 0 Å². The number of nitrogens with zero attached hydrogens (tertiary/aromatic N) is 2. The summed E-state index contributed by atoms with van der Waals surface area (Å²) < 4.78 is 18.3. The molecule has 1 heterocycles. The van der Waals surface area contributed by atoms with E-state index in [0.717, 1.165) is 5.56 Å². The molecule has 0 saturated heterocycles. The molecule has 3 rings (SSSR count). The van der Waals surface area contributed by atoms with Gasteiger partial charge in [-0.2, -0.15) is 4.98 Å². The Hall–Kier alpha value is -2.69. The Morgan fingerprint density at radius 3 is 2.75 bits per heavy atom. The van der Waals surface area contributed by atoms with Crippen LogP contribution in [0, 0.1) is 12.7 Å². The number of aromatic nitrogens is 2. The van der Waals surface area contributed by atoms with Crippen LogP contribution in [0.15, 0.2) is 47.0 Å². The molecule has 0 aliphatic carbocycles. The Bertz CT molecular complexity index is 768. The molecule has 0 amide bonds. The maximum Gasteiger partial charge on any atom is 0.261 e. The van der Waals surface area contributed by atoms with Gasteiger partial charge >= 0.3 is 0 Å². The van der Waals surface area contributed by atoms with Crippen molar-refractivity contribution in [3.8, 4) is 28.6 Å². The summed E-state index contributed by atoms with van der Waals surface area (Å²) in [4.78, 5) is 4.18. The first-order chi connectivity index (χ1) is 9.63. The molecule has 0 fully saturated rings. The molecule has 0 saturated carbocycles. The lowest BCUT2D eigenvalue weighted by Crippen LogP contribution is -1.83. The van der Waals surface area contributed by atoms with Gasteiger partial charge in [0, 0.05) is 5.56 Å². The SMILES string of the molecule is Cc1ccc(-c2nc(-c3cccc(F)c3)no2)c(O)c1. The predicted molar refractivity (Wildman–Crippen MR) is 71.5 cm³/mol. The Morgan fingerprint density at radius 1 is 1.15 bits per heavy atom. The maximum atomic E-state index is 13.2. The van der Waals surface area contributed by atoms with Crippen LogP contribution in [0.2, 0.25) is 0 Å². The molecule has 0 bridgehead atoms. The monoisotopic (exact) mass is 270 g/mol. The fourth-order valence-corrected chi connectivity index (χ4v) is 1.90. The number of rotatable bonds is 2. The number of aryl methyl sites for hydroxylation is 1. The Balaban J connectivity index is 2.02. The topological polar surface area (TPSA) is 59.2 Å². The molecular weight excluding hydrogens is 259 g/mol. The van der Waals surface area contributed by atoms with E-state index in [0.29, 0.717) is 11.1 Å². The van der Waals surface area contributed by atoms with Crippen LogP contribution in [0.25, 0.3) is 22.8 Å². The molecule has 0 aliphatic rings. The predicted octanol–water partition coefficient (Wildman–Crippen LogP) is 3.56. The molecule has 0 radical (unpaired) electrons. The zero-order chi connectivity index (χ0) is 14.1. The van der Waals surface area contributed by atoms with Crippen molar-refractivity contribution >= 4 is 0 Å². The second-order valence-electron chi connectivity index (χ2n) is 4.45. The lowest BCUT2D eigenvalue weighted by atomic mass is 10.1. The highest BCUT2D eigenvalue weighted by Crippen LogP contribution is 2.30. The normalized spacial score (nSPS) is 10.7. The summed E-state index contributed by atoms with van der Waals surface area (Å²) in [7, 11) is 0. The third-order valence-corrected chi connectivity index (χ3v) is 2.89. The lowest BCUT2D eigenvalue weighted by Gasteiger charge is -1.99. The fourth-order valence-electron chi connectivity index (χ4n) is 1.90. The minimum Gasteiger partial charge on any atom is -0.507 e. The zero-order valence-electron chi connectivity index (χ0n) is 10.7. The molecule has 0 atom stereocenters. The molecule has 5 heteroatoms. The molecule has 20 heavy (non-hydrogen) atoms. The van der Waals surface area contributed by atoms with Crippen LogP contribution in [0.3, 0.4) is 0 Å². The standard InChI is InChI=1S/C15H11FN2O2/c1-9-5-6-12(13(19)7-9)15-17-14(18-20-15)10-3-2-4-11(16)8-10/h2-8,19H,1H3. The van der Waals surface area contributed by atoms with Crippen molar-refractivity contribution in [3.63, 3.8) is 0 Å². The average molecular weight is 270 g/mol. The van der Waals surface area contributed by atoms with Gasteiger partial charge in [-0.05, 0) is 36.8 Å². The van der Waals surface area contributed by atoms with Crippen molar-refractivity contribution in [1.29, 1.82) is 0 Å². The number of phenols is 1. The van der Waals surface area contributed by atoms with Crippen LogP contribution in [0.1, 0.15) is 5.56 Å². The molecule has 0 spiro atoms. The first-order valence-corrected chi connectivity index (χ1v) is 6.03. The van der Waals surface area contributed by atoms with Crippen LogP contribution < -0.4 is 0 Å². The van der Waals surface area contributed by atoms with Crippen LogP contribution in [-0.2, 0) is 0 Å². The molecule has 1 aromatic heterocycles. The number of phenolic OH excluding ortho intramolecular Hbond substituents is 1. The molecule has 1 N–H and O–H groups in total. The second kappa shape index (κ2) is 4.77. The number of benzene rings is 2. The molecule has 100 valence electrons. The summed E-state index contributed by atoms with van der Waals surface area (Å²) in [5, 5.41) is 13.7. The van der Waals surface area contributed by atoms with Crippen molar-refractivity contribution in [3.05, 3.63) is 53.8 Å². The summed E-state index contributed by atoms with van der Waals surface area (Å²) in [5.41, 5.74) is 1.90. The van der Waals surface area contributed by atoms with Crippen molar-refractivity contribution < 1.29 is 14.0 Å². The minimum atomic E-state index is -0.368. The van der Waals surface area contributed by atoms with Crippen molar-refractivity contribution in [2.75, 3.05) is 0 Å². The maximum absolute atomic E-state index is 13.2. The fraction of sp³-hybridized carbons (Fsp3) is 0.0667. The van der Waals surface area contributed by atoms with Gasteiger partial charge in [-0.15, -0.1) is 0 Å². The van der Waals surface area contributed by atoms with Crippen molar-refractivity contribution in [1.82, 2.24) is 10.1 Å². The Kier molecular flexibility index (Phi) is 2.95. The van der Waals surface area contributed by atoms with E-state index >= 15 is 0 Å². The van der Waals surface area contributed by atoms with E-state index in [9.17, 15) is 9.50 Å². The van der Waals surface area contributed by atoms with E-state index in [1.165, 1.54) is 12.1 Å². The molecular formula is C15H11FN2O2. The van der Waals surface area contributed by atoms with E-state index < -0.39 is 0 Å². The van der Waals surface area contributed by atoms with E-state index in [2.05, 4.69) is 10.1 Å². The first kappa shape index (κ1) is 12.3. The van der Waals surface area contributed by atoms with Gasteiger partial charge in [-0.25, -0.2) is 4.39 Å². The molecule has 0 aliphatic heterocycles. The van der Waals surface area contributed by atoms with Gasteiger partial charge in [-0.1, -0.05) is 23.4 Å². The highest BCUT2D eigenvalue weighted by Gasteiger charge is 2.14. The van der Waals surface area contributed by atoms with Crippen LogP contribution in [0.5, 0.6) is 5.75 Å². The van der Waals surface area contributed by atoms with Crippen molar-refractivity contribution in [2.45, 2.75) is 6.92 Å². The van der Waals surface area contributed by atoms with E-state index in [1.807, 2.05) is 13.0 Å². The summed E-state index contributed by atoms with van der Waals surface area (Å²) in [6, 6.07) is 11.1. The third kappa shape index (κ3) is 2.25. The smallest absolute Gasteiger partial charge is 0.261 e. The van der Waals surface area contributed by atoms with E-state index in [1.54, 1.807) is 24.3 Å². The van der Waals surface area contributed by atoms with Crippen LogP contribution in [-0.4, -0.2) is 15.2 Å². The van der Waals surface area contributed by atoms with Gasteiger partial charge in [0.25, 0.3) is 5.89 Å². The summed E-state index contributed by atoms with van der Waals surface area (Å²) in [6.07, 6.45) is 0. The molecule has 2 aromatic carbocycles. The summed E-state index contributed by atoms with van der Waals surface area (Å²) in [5.74, 6) is 0.174. The third-order valence-electron chi connectivity index (χ3n) is 2.89. The summed E-state index contributed by atoms with van der Waals surface area (Å²) >= 11 is 0. The van der Waals surface area contributed by atoms with Gasteiger partial charge in [0.2, 0.25) is 5.82 Å². The highest BCUT2D eigenvalue weighted by atomic mass is 19.1. The first-order valence-electron chi connectivity index (χ1n) is 6.03.